The van der Waals surface area contributed by atoms with Crippen LogP contribution in [-0.2, 0) is 6.54 Å². The maximum atomic E-state index is 3.51. The lowest BCUT2D eigenvalue weighted by Gasteiger charge is -2.20. The van der Waals surface area contributed by atoms with Crippen molar-refractivity contribution < 1.29 is 0 Å². The molecule has 0 bridgehead atoms. The van der Waals surface area contributed by atoms with E-state index in [2.05, 4.69) is 62.2 Å². The van der Waals surface area contributed by atoms with Crippen molar-refractivity contribution in [2.45, 2.75) is 51.1 Å². The van der Waals surface area contributed by atoms with Crippen LogP contribution in [0, 0.1) is 11.8 Å². The smallest absolute Gasteiger partial charge is 0.0210 e. The van der Waals surface area contributed by atoms with Gasteiger partial charge in [0, 0.05) is 29.2 Å². The van der Waals surface area contributed by atoms with E-state index in [1.807, 2.05) is 18.7 Å². The first-order valence-electron chi connectivity index (χ1n) is 6.37. The zero-order chi connectivity index (χ0) is 13.4. The molecule has 0 aliphatic rings. The lowest BCUT2D eigenvalue weighted by atomic mass is 10.1. The van der Waals surface area contributed by atoms with Crippen LogP contribution in [0.25, 0.3) is 0 Å². The zero-order valence-corrected chi connectivity index (χ0v) is 12.7. The molecule has 0 unspecified atom stereocenters. The van der Waals surface area contributed by atoms with E-state index in [1.54, 1.807) is 0 Å². The first-order valence-corrected chi connectivity index (χ1v) is 7.36. The average Bonchev–Trinajstić information content (AvgIpc) is 2.32. The van der Waals surface area contributed by atoms with Gasteiger partial charge in [-0.25, -0.2) is 0 Å². The van der Waals surface area contributed by atoms with Gasteiger partial charge in [0.25, 0.3) is 0 Å². The first kappa shape index (κ1) is 15.1. The third kappa shape index (κ3) is 6.74. The summed E-state index contributed by atoms with van der Waals surface area (Å²) in [5.41, 5.74) is 1.51. The van der Waals surface area contributed by atoms with Gasteiger partial charge in [0.15, 0.2) is 0 Å². The second-order valence-electron chi connectivity index (χ2n) is 5.28. The van der Waals surface area contributed by atoms with Crippen LogP contribution in [-0.4, -0.2) is 11.3 Å². The Balaban J connectivity index is 2.48. The maximum absolute atomic E-state index is 3.51. The number of rotatable bonds is 5. The van der Waals surface area contributed by atoms with Gasteiger partial charge >= 0.3 is 0 Å². The van der Waals surface area contributed by atoms with Crippen LogP contribution in [0.2, 0.25) is 0 Å². The van der Waals surface area contributed by atoms with E-state index in [1.165, 1.54) is 10.5 Å². The van der Waals surface area contributed by atoms with Crippen molar-refractivity contribution in [3.63, 3.8) is 0 Å². The highest BCUT2D eigenvalue weighted by molar-refractivity contribution is 7.99. The predicted molar refractivity (Wildman–Crippen MR) is 81.8 cm³/mol. The molecule has 0 amide bonds. The molecule has 0 saturated carbocycles. The summed E-state index contributed by atoms with van der Waals surface area (Å²) < 4.78 is 0. The largest absolute Gasteiger partial charge is 0.308 e. The fourth-order valence-electron chi connectivity index (χ4n) is 1.46. The Morgan fingerprint density at radius 2 is 2.06 bits per heavy atom. The van der Waals surface area contributed by atoms with E-state index >= 15 is 0 Å². The molecule has 0 fully saturated rings. The Bertz CT molecular complexity index is 421. The molecule has 2 heteroatoms. The van der Waals surface area contributed by atoms with E-state index in [-0.39, 0.29) is 5.54 Å². The summed E-state index contributed by atoms with van der Waals surface area (Å²) in [7, 11) is 0. The molecule has 1 nitrogen and oxygen atoms in total. The van der Waals surface area contributed by atoms with E-state index in [0.29, 0.717) is 0 Å². The second-order valence-corrected chi connectivity index (χ2v) is 6.44. The molecule has 0 aromatic heterocycles. The van der Waals surface area contributed by atoms with Gasteiger partial charge in [0.2, 0.25) is 0 Å². The number of hydrogen-bond donors (Lipinski definition) is 1. The van der Waals surface area contributed by atoms with Crippen LogP contribution in [0.1, 0.15) is 39.7 Å². The summed E-state index contributed by atoms with van der Waals surface area (Å²) in [6.45, 7) is 9.38. The van der Waals surface area contributed by atoms with Crippen molar-refractivity contribution >= 4 is 11.8 Å². The third-order valence-corrected chi connectivity index (χ3v) is 3.39. The second kappa shape index (κ2) is 7.51. The summed E-state index contributed by atoms with van der Waals surface area (Å²) in [6.07, 6.45) is 0.964. The molecular formula is C16H23NS. The summed E-state index contributed by atoms with van der Waals surface area (Å²) >= 11 is 1.88. The lowest BCUT2D eigenvalue weighted by molar-refractivity contribution is 0.424. The molecule has 1 aromatic rings. The van der Waals surface area contributed by atoms with Crippen LogP contribution < -0.4 is 5.32 Å². The minimum Gasteiger partial charge on any atom is -0.308 e. The number of benzene rings is 1. The van der Waals surface area contributed by atoms with E-state index in [0.717, 1.165) is 18.7 Å². The monoisotopic (exact) mass is 261 g/mol. The lowest BCUT2D eigenvalue weighted by Crippen LogP contribution is -2.35. The van der Waals surface area contributed by atoms with Gasteiger partial charge in [-0.05, 0) is 45.4 Å². The summed E-state index contributed by atoms with van der Waals surface area (Å²) in [6, 6.07) is 8.75. The van der Waals surface area contributed by atoms with Crippen molar-refractivity contribution in [3.8, 4) is 11.8 Å². The van der Waals surface area contributed by atoms with E-state index in [4.69, 9.17) is 0 Å². The van der Waals surface area contributed by atoms with Gasteiger partial charge < -0.3 is 5.32 Å². The normalized spacial score (nSPS) is 10.9. The summed E-state index contributed by atoms with van der Waals surface area (Å²) in [5.74, 6) is 7.09. The van der Waals surface area contributed by atoms with Crippen LogP contribution >= 0.6 is 11.8 Å². The Hall–Kier alpha value is -0.910. The van der Waals surface area contributed by atoms with Crippen molar-refractivity contribution in [2.24, 2.45) is 0 Å². The Morgan fingerprint density at radius 3 is 2.72 bits per heavy atom. The highest BCUT2D eigenvalue weighted by atomic mass is 32.2. The van der Waals surface area contributed by atoms with Crippen LogP contribution in [0.15, 0.2) is 29.2 Å². The molecule has 98 valence electrons. The predicted octanol–water partition coefficient (Wildman–Crippen LogP) is 4.08. The minimum absolute atomic E-state index is 0.167. The highest BCUT2D eigenvalue weighted by Crippen LogP contribution is 2.20. The van der Waals surface area contributed by atoms with Gasteiger partial charge in [-0.1, -0.05) is 12.1 Å². The molecule has 1 aromatic carbocycles. The van der Waals surface area contributed by atoms with Crippen LogP contribution in [0.3, 0.4) is 0 Å². The summed E-state index contributed by atoms with van der Waals surface area (Å²) in [4.78, 5) is 1.33. The molecule has 1 N–H and O–H groups in total. The highest BCUT2D eigenvalue weighted by Gasteiger charge is 2.08. The number of nitrogens with one attached hydrogen (secondary N) is 1. The van der Waals surface area contributed by atoms with Crippen molar-refractivity contribution in [3.05, 3.63) is 29.8 Å². The molecule has 0 heterocycles. The fourth-order valence-corrected chi connectivity index (χ4v) is 2.31. The standard InChI is InChI=1S/C16H23NS/c1-5-6-7-11-18-15-10-8-9-14(12-15)13-17-16(2,3)4/h8-10,12,17H,7,11,13H2,1-4H3. The first-order chi connectivity index (χ1) is 8.51. The SMILES string of the molecule is CC#CCCSc1cccc(CNC(C)(C)C)c1. The molecular weight excluding hydrogens is 238 g/mol. The van der Waals surface area contributed by atoms with Crippen molar-refractivity contribution in [1.82, 2.24) is 5.32 Å². The van der Waals surface area contributed by atoms with E-state index in [9.17, 15) is 0 Å². The quantitative estimate of drug-likeness (QED) is 0.487. The Morgan fingerprint density at radius 1 is 1.28 bits per heavy atom. The zero-order valence-electron chi connectivity index (χ0n) is 11.8. The third-order valence-electron chi connectivity index (χ3n) is 2.39. The molecule has 0 radical (unpaired) electrons. The van der Waals surface area contributed by atoms with Crippen LogP contribution in [0.4, 0.5) is 0 Å². The van der Waals surface area contributed by atoms with Gasteiger partial charge in [0.1, 0.15) is 0 Å². The Labute approximate surface area is 116 Å². The van der Waals surface area contributed by atoms with Crippen molar-refractivity contribution in [2.75, 3.05) is 5.75 Å². The van der Waals surface area contributed by atoms with Gasteiger partial charge in [0.05, 0.1) is 0 Å². The summed E-state index contributed by atoms with van der Waals surface area (Å²) in [5, 5.41) is 3.51. The molecule has 0 atom stereocenters. The fraction of sp³-hybridized carbons (Fsp3) is 0.500. The topological polar surface area (TPSA) is 12.0 Å². The molecule has 0 saturated heterocycles. The van der Waals surface area contributed by atoms with Crippen molar-refractivity contribution in [1.29, 1.82) is 0 Å². The Kier molecular flexibility index (Phi) is 6.32. The molecule has 0 aliphatic carbocycles. The van der Waals surface area contributed by atoms with Gasteiger partial charge in [-0.2, -0.15) is 0 Å². The minimum atomic E-state index is 0.167. The number of hydrogen-bond acceptors (Lipinski definition) is 2. The number of thioether (sulfide) groups is 1. The maximum Gasteiger partial charge on any atom is 0.0210 e. The molecule has 0 spiro atoms. The molecule has 1 rings (SSSR count). The molecule has 18 heavy (non-hydrogen) atoms. The van der Waals surface area contributed by atoms with Crippen LogP contribution in [0.5, 0.6) is 0 Å². The van der Waals surface area contributed by atoms with E-state index < -0.39 is 0 Å². The average molecular weight is 261 g/mol. The van der Waals surface area contributed by atoms with Gasteiger partial charge in [-0.3, -0.25) is 0 Å². The molecule has 0 aliphatic heterocycles. The van der Waals surface area contributed by atoms with Gasteiger partial charge in [-0.15, -0.1) is 23.6 Å².